The first-order valence-electron chi connectivity index (χ1n) is 9.96. The molecule has 162 valence electrons. The van der Waals surface area contributed by atoms with Crippen LogP contribution in [-0.2, 0) is 16.0 Å². The molecule has 2 aliphatic heterocycles. The largest absolute Gasteiger partial charge is 0.368 e. The minimum Gasteiger partial charge on any atom is -0.368 e. The van der Waals surface area contributed by atoms with Gasteiger partial charge in [0.1, 0.15) is 11.9 Å². The number of nitrogens with zero attached hydrogens (tertiary/aromatic N) is 3. The molecule has 9 heteroatoms. The second-order valence-electron chi connectivity index (χ2n) is 7.00. The average Bonchev–Trinajstić information content (AvgIpc) is 3.24. The number of aliphatic imine (C=N–C) groups is 1. The van der Waals surface area contributed by atoms with E-state index in [9.17, 15) is 9.18 Å². The fraction of sp³-hybridized carbons (Fsp3) is 0.600. The standard InChI is InChI=1S/C20H28ClFN4O2.HI/c1-2-23-20(24-9-8-15-16(21)5-3-6-17(15)22)26-12-10-25(11-13-26)19(27)18-7-4-14-28-18;/h3,5-6,18H,2,4,7-14H2,1H3,(H,23,24);1H. The molecule has 1 unspecified atom stereocenters. The molecule has 1 atom stereocenters. The lowest BCUT2D eigenvalue weighted by Gasteiger charge is -2.37. The first kappa shape index (κ1) is 24.1. The van der Waals surface area contributed by atoms with Crippen molar-refractivity contribution in [2.75, 3.05) is 45.9 Å². The molecule has 0 spiro atoms. The molecule has 0 radical (unpaired) electrons. The van der Waals surface area contributed by atoms with Crippen molar-refractivity contribution >= 4 is 47.4 Å². The summed E-state index contributed by atoms with van der Waals surface area (Å²) in [6.07, 6.45) is 1.96. The molecule has 0 aliphatic carbocycles. The molecule has 2 aliphatic rings. The highest BCUT2D eigenvalue weighted by atomic mass is 127. The maximum atomic E-state index is 13.9. The Morgan fingerprint density at radius 1 is 1.31 bits per heavy atom. The van der Waals surface area contributed by atoms with Crippen LogP contribution in [0.25, 0.3) is 0 Å². The van der Waals surface area contributed by atoms with E-state index in [1.807, 2.05) is 11.8 Å². The minimum atomic E-state index is -0.297. The quantitative estimate of drug-likeness (QED) is 0.356. The van der Waals surface area contributed by atoms with E-state index in [1.54, 1.807) is 12.1 Å². The molecule has 1 aromatic carbocycles. The Morgan fingerprint density at radius 3 is 2.66 bits per heavy atom. The van der Waals surface area contributed by atoms with Gasteiger partial charge in [0, 0.05) is 56.5 Å². The Labute approximate surface area is 193 Å². The van der Waals surface area contributed by atoms with Gasteiger partial charge in [0.25, 0.3) is 5.91 Å². The van der Waals surface area contributed by atoms with Crippen molar-refractivity contribution < 1.29 is 13.9 Å². The van der Waals surface area contributed by atoms with Crippen LogP contribution in [0.2, 0.25) is 5.02 Å². The highest BCUT2D eigenvalue weighted by Crippen LogP contribution is 2.19. The van der Waals surface area contributed by atoms with Crippen LogP contribution in [-0.4, -0.2) is 73.6 Å². The lowest BCUT2D eigenvalue weighted by atomic mass is 10.1. The van der Waals surface area contributed by atoms with Gasteiger partial charge in [0.05, 0.1) is 0 Å². The average molecular weight is 539 g/mol. The minimum absolute atomic E-state index is 0. The normalized spacial score (nSPS) is 19.8. The van der Waals surface area contributed by atoms with E-state index in [0.29, 0.717) is 56.3 Å². The van der Waals surface area contributed by atoms with Crippen molar-refractivity contribution in [3.05, 3.63) is 34.6 Å². The van der Waals surface area contributed by atoms with E-state index in [2.05, 4.69) is 15.2 Å². The molecular weight excluding hydrogens is 510 g/mol. The molecule has 0 aromatic heterocycles. The molecule has 2 saturated heterocycles. The van der Waals surface area contributed by atoms with Gasteiger partial charge in [-0.2, -0.15) is 0 Å². The Balaban J connectivity index is 0.00000300. The zero-order valence-electron chi connectivity index (χ0n) is 16.7. The number of carbonyl (C=O) groups excluding carboxylic acids is 1. The number of guanidine groups is 1. The molecule has 2 heterocycles. The van der Waals surface area contributed by atoms with E-state index in [0.717, 1.165) is 25.3 Å². The number of piperazine rings is 1. The van der Waals surface area contributed by atoms with Crippen LogP contribution < -0.4 is 5.32 Å². The fourth-order valence-corrected chi connectivity index (χ4v) is 3.84. The van der Waals surface area contributed by atoms with Crippen molar-refractivity contribution in [3.8, 4) is 0 Å². The Kier molecular flexibility index (Phi) is 9.91. The van der Waals surface area contributed by atoms with Crippen LogP contribution >= 0.6 is 35.6 Å². The molecule has 1 N–H and O–H groups in total. The summed E-state index contributed by atoms with van der Waals surface area (Å²) in [6.45, 7) is 6.62. The van der Waals surface area contributed by atoms with Crippen molar-refractivity contribution in [1.29, 1.82) is 0 Å². The number of hydrogen-bond donors (Lipinski definition) is 1. The summed E-state index contributed by atoms with van der Waals surface area (Å²) >= 11 is 6.09. The van der Waals surface area contributed by atoms with Crippen molar-refractivity contribution in [3.63, 3.8) is 0 Å². The smallest absolute Gasteiger partial charge is 0.251 e. The second-order valence-corrected chi connectivity index (χ2v) is 7.41. The third kappa shape index (κ3) is 6.42. The molecule has 1 amide bonds. The van der Waals surface area contributed by atoms with Crippen LogP contribution in [0.1, 0.15) is 25.3 Å². The van der Waals surface area contributed by atoms with E-state index >= 15 is 0 Å². The van der Waals surface area contributed by atoms with E-state index in [4.69, 9.17) is 16.3 Å². The molecule has 1 aromatic rings. The summed E-state index contributed by atoms with van der Waals surface area (Å²) < 4.78 is 19.4. The van der Waals surface area contributed by atoms with E-state index < -0.39 is 0 Å². The summed E-state index contributed by atoms with van der Waals surface area (Å²) in [5.74, 6) is 0.599. The van der Waals surface area contributed by atoms with E-state index in [1.165, 1.54) is 6.07 Å². The number of benzene rings is 1. The Hall–Kier alpha value is -1.13. The summed E-state index contributed by atoms with van der Waals surface area (Å²) in [7, 11) is 0. The van der Waals surface area contributed by atoms with Crippen LogP contribution in [0.5, 0.6) is 0 Å². The molecule has 29 heavy (non-hydrogen) atoms. The van der Waals surface area contributed by atoms with Gasteiger partial charge < -0.3 is 19.9 Å². The van der Waals surface area contributed by atoms with Gasteiger partial charge in [-0.3, -0.25) is 9.79 Å². The summed E-state index contributed by atoms with van der Waals surface area (Å²) in [6, 6.07) is 4.71. The maximum absolute atomic E-state index is 13.9. The predicted molar refractivity (Wildman–Crippen MR) is 124 cm³/mol. The van der Waals surface area contributed by atoms with Crippen LogP contribution in [0.4, 0.5) is 4.39 Å². The van der Waals surface area contributed by atoms with Gasteiger partial charge in [-0.15, -0.1) is 24.0 Å². The van der Waals surface area contributed by atoms with Gasteiger partial charge in [0.15, 0.2) is 5.96 Å². The van der Waals surface area contributed by atoms with Crippen LogP contribution in [0.3, 0.4) is 0 Å². The number of rotatable bonds is 5. The van der Waals surface area contributed by atoms with Crippen LogP contribution in [0, 0.1) is 5.82 Å². The number of halogens is 3. The molecule has 0 bridgehead atoms. The van der Waals surface area contributed by atoms with Gasteiger partial charge >= 0.3 is 0 Å². The van der Waals surface area contributed by atoms with Gasteiger partial charge in [0.2, 0.25) is 0 Å². The van der Waals surface area contributed by atoms with E-state index in [-0.39, 0.29) is 41.8 Å². The molecule has 6 nitrogen and oxygen atoms in total. The first-order valence-corrected chi connectivity index (χ1v) is 10.3. The monoisotopic (exact) mass is 538 g/mol. The SMILES string of the molecule is CCNC(=NCCc1c(F)cccc1Cl)N1CCN(C(=O)C2CCCO2)CC1.I. The van der Waals surface area contributed by atoms with Crippen molar-refractivity contribution in [1.82, 2.24) is 15.1 Å². The highest BCUT2D eigenvalue weighted by Gasteiger charge is 2.30. The number of hydrogen-bond acceptors (Lipinski definition) is 3. The first-order chi connectivity index (χ1) is 13.6. The summed E-state index contributed by atoms with van der Waals surface area (Å²) in [5, 5.41) is 3.72. The Morgan fingerprint density at radius 2 is 2.03 bits per heavy atom. The number of carbonyl (C=O) groups is 1. The third-order valence-electron chi connectivity index (χ3n) is 5.12. The Bertz CT molecular complexity index is 687. The molecular formula is C20H29ClFIN4O2. The second kappa shape index (κ2) is 11.9. The number of nitrogens with one attached hydrogen (secondary N) is 1. The third-order valence-corrected chi connectivity index (χ3v) is 5.47. The molecule has 0 saturated carbocycles. The zero-order valence-corrected chi connectivity index (χ0v) is 19.8. The topological polar surface area (TPSA) is 57.2 Å². The summed E-state index contributed by atoms with van der Waals surface area (Å²) in [4.78, 5) is 21.2. The van der Waals surface area contributed by atoms with Gasteiger partial charge in [-0.25, -0.2) is 4.39 Å². The number of ether oxygens (including phenoxy) is 1. The highest BCUT2D eigenvalue weighted by molar-refractivity contribution is 14.0. The van der Waals surface area contributed by atoms with Crippen LogP contribution in [0.15, 0.2) is 23.2 Å². The van der Waals surface area contributed by atoms with Crippen molar-refractivity contribution in [2.45, 2.75) is 32.3 Å². The lowest BCUT2D eigenvalue weighted by Crippen LogP contribution is -2.55. The van der Waals surface area contributed by atoms with Gasteiger partial charge in [-0.1, -0.05) is 17.7 Å². The van der Waals surface area contributed by atoms with Crippen molar-refractivity contribution in [2.24, 2.45) is 4.99 Å². The zero-order chi connectivity index (χ0) is 19.9. The maximum Gasteiger partial charge on any atom is 0.251 e. The van der Waals surface area contributed by atoms with Gasteiger partial charge in [-0.05, 0) is 38.3 Å². The number of amides is 1. The predicted octanol–water partition coefficient (Wildman–Crippen LogP) is 2.93. The lowest BCUT2D eigenvalue weighted by molar-refractivity contribution is -0.142. The molecule has 3 rings (SSSR count). The summed E-state index contributed by atoms with van der Waals surface area (Å²) in [5.41, 5.74) is 0.496. The fourth-order valence-electron chi connectivity index (χ4n) is 3.59. The molecule has 2 fully saturated rings.